The van der Waals surface area contributed by atoms with E-state index in [0.717, 1.165) is 6.07 Å². The molecule has 2 rings (SSSR count). The number of sulfonamides is 1. The van der Waals surface area contributed by atoms with Crippen LogP contribution < -0.4 is 10.0 Å². The first-order valence-electron chi connectivity index (χ1n) is 5.80. The lowest BCUT2D eigenvalue weighted by Gasteiger charge is -2.13. The maximum absolute atomic E-state index is 13.4. The molecular formula is C11H12F4N2O2S. The molecule has 4 nitrogen and oxygen atoms in total. The fourth-order valence-corrected chi connectivity index (χ4v) is 3.22. The third-order valence-electron chi connectivity index (χ3n) is 2.94. The van der Waals surface area contributed by atoms with Crippen molar-refractivity contribution in [2.24, 2.45) is 0 Å². The zero-order valence-electron chi connectivity index (χ0n) is 10.2. The first-order chi connectivity index (χ1) is 9.20. The number of hydrogen-bond donors (Lipinski definition) is 2. The maximum atomic E-state index is 13.4. The summed E-state index contributed by atoms with van der Waals surface area (Å²) in [6.45, 7) is 1.08. The van der Waals surface area contributed by atoms with Gasteiger partial charge in [0.1, 0.15) is 5.82 Å². The molecule has 1 aliphatic rings. The van der Waals surface area contributed by atoms with Gasteiger partial charge in [-0.2, -0.15) is 13.2 Å². The maximum Gasteiger partial charge on any atom is 0.419 e. The van der Waals surface area contributed by atoms with Crippen LogP contribution in [-0.2, 0) is 16.2 Å². The van der Waals surface area contributed by atoms with Gasteiger partial charge >= 0.3 is 6.18 Å². The van der Waals surface area contributed by atoms with Crippen LogP contribution in [-0.4, -0.2) is 27.5 Å². The molecule has 0 spiro atoms. The average Bonchev–Trinajstić information content (AvgIpc) is 2.79. The Balaban J connectivity index is 2.26. The lowest BCUT2D eigenvalue weighted by atomic mass is 10.2. The van der Waals surface area contributed by atoms with E-state index in [-0.39, 0.29) is 6.04 Å². The first kappa shape index (κ1) is 15.2. The van der Waals surface area contributed by atoms with Gasteiger partial charge in [-0.15, -0.1) is 0 Å². The second-order valence-corrected chi connectivity index (χ2v) is 6.16. The molecule has 2 N–H and O–H groups in total. The Morgan fingerprint density at radius 3 is 2.50 bits per heavy atom. The standard InChI is InChI=1S/C11H12F4N2O2S/c12-10-5-8(1-2-9(10)11(13,14)15)20(18,19)17-7-3-4-16-6-7/h1-2,5,7,16-17H,3-4,6H2. The summed E-state index contributed by atoms with van der Waals surface area (Å²) in [6, 6.07) is 1.21. The number of rotatable bonds is 3. The highest BCUT2D eigenvalue weighted by atomic mass is 32.2. The molecule has 0 aromatic heterocycles. The van der Waals surface area contributed by atoms with Crippen molar-refractivity contribution in [2.45, 2.75) is 23.5 Å². The van der Waals surface area contributed by atoms with Gasteiger partial charge in [-0.1, -0.05) is 0 Å². The largest absolute Gasteiger partial charge is 0.419 e. The summed E-state index contributed by atoms with van der Waals surface area (Å²) in [4.78, 5) is -0.519. The molecule has 0 radical (unpaired) electrons. The number of halogens is 4. The molecule has 112 valence electrons. The second-order valence-electron chi connectivity index (χ2n) is 4.45. The molecule has 20 heavy (non-hydrogen) atoms. The minimum atomic E-state index is -4.85. The summed E-state index contributed by atoms with van der Waals surface area (Å²) in [5.41, 5.74) is -1.49. The van der Waals surface area contributed by atoms with Crippen molar-refractivity contribution in [3.63, 3.8) is 0 Å². The van der Waals surface area contributed by atoms with Crippen LogP contribution >= 0.6 is 0 Å². The van der Waals surface area contributed by atoms with Crippen LogP contribution in [0.3, 0.4) is 0 Å². The van der Waals surface area contributed by atoms with Gasteiger partial charge in [-0.25, -0.2) is 17.5 Å². The molecule has 1 heterocycles. The average molecular weight is 312 g/mol. The summed E-state index contributed by atoms with van der Waals surface area (Å²) < 4.78 is 76.7. The van der Waals surface area contributed by atoms with Crippen LogP contribution in [0.5, 0.6) is 0 Å². The molecule has 0 bridgehead atoms. The van der Waals surface area contributed by atoms with Crippen molar-refractivity contribution in [3.8, 4) is 0 Å². The highest BCUT2D eigenvalue weighted by Crippen LogP contribution is 2.32. The normalized spacial score (nSPS) is 20.3. The summed E-state index contributed by atoms with van der Waals surface area (Å²) in [5.74, 6) is -1.61. The zero-order valence-corrected chi connectivity index (χ0v) is 11.0. The van der Waals surface area contributed by atoms with Gasteiger partial charge in [0.25, 0.3) is 0 Å². The Morgan fingerprint density at radius 1 is 1.30 bits per heavy atom. The van der Waals surface area contributed by atoms with Gasteiger partial charge in [0, 0.05) is 12.6 Å². The van der Waals surface area contributed by atoms with E-state index >= 15 is 0 Å². The third kappa shape index (κ3) is 3.28. The fourth-order valence-electron chi connectivity index (χ4n) is 1.94. The summed E-state index contributed by atoms with van der Waals surface area (Å²) >= 11 is 0. The van der Waals surface area contributed by atoms with E-state index in [1.807, 2.05) is 0 Å². The Hall–Kier alpha value is -1.19. The predicted octanol–water partition coefficient (Wildman–Crippen LogP) is 1.48. The molecule has 0 aliphatic carbocycles. The van der Waals surface area contributed by atoms with Crippen LogP contribution in [0.4, 0.5) is 17.6 Å². The SMILES string of the molecule is O=S(=O)(NC1CCNC1)c1ccc(C(F)(F)F)c(F)c1. The topological polar surface area (TPSA) is 58.2 Å². The van der Waals surface area contributed by atoms with E-state index in [0.29, 0.717) is 31.6 Å². The summed E-state index contributed by atoms with van der Waals surface area (Å²) in [5, 5.41) is 2.94. The lowest BCUT2D eigenvalue weighted by molar-refractivity contribution is -0.140. The van der Waals surface area contributed by atoms with Crippen molar-refractivity contribution in [2.75, 3.05) is 13.1 Å². The van der Waals surface area contributed by atoms with Gasteiger partial charge in [-0.05, 0) is 31.2 Å². The zero-order chi connectivity index (χ0) is 15.0. The van der Waals surface area contributed by atoms with Gasteiger partial charge in [-0.3, -0.25) is 0 Å². The van der Waals surface area contributed by atoms with Gasteiger partial charge < -0.3 is 5.32 Å². The Kier molecular flexibility index (Phi) is 4.03. The molecule has 1 aromatic carbocycles. The molecular weight excluding hydrogens is 300 g/mol. The number of benzene rings is 1. The number of nitrogens with one attached hydrogen (secondary N) is 2. The van der Waals surface area contributed by atoms with Crippen molar-refractivity contribution in [1.82, 2.24) is 10.0 Å². The molecule has 1 unspecified atom stereocenters. The van der Waals surface area contributed by atoms with E-state index in [1.165, 1.54) is 0 Å². The second kappa shape index (κ2) is 5.30. The van der Waals surface area contributed by atoms with Gasteiger partial charge in [0.15, 0.2) is 0 Å². The fraction of sp³-hybridized carbons (Fsp3) is 0.455. The molecule has 1 aliphatic heterocycles. The summed E-state index contributed by atoms with van der Waals surface area (Å²) in [7, 11) is -4.03. The lowest BCUT2D eigenvalue weighted by Crippen LogP contribution is -2.36. The Labute approximate surface area is 113 Å². The van der Waals surface area contributed by atoms with Crippen molar-refractivity contribution in [3.05, 3.63) is 29.6 Å². The molecule has 0 saturated carbocycles. The van der Waals surface area contributed by atoms with E-state index in [2.05, 4.69) is 10.0 Å². The van der Waals surface area contributed by atoms with E-state index in [4.69, 9.17) is 0 Å². The Bertz CT molecular complexity index is 595. The Morgan fingerprint density at radius 2 is 2.00 bits per heavy atom. The van der Waals surface area contributed by atoms with E-state index in [9.17, 15) is 26.0 Å². The molecule has 1 saturated heterocycles. The van der Waals surface area contributed by atoms with Crippen LogP contribution in [0.1, 0.15) is 12.0 Å². The van der Waals surface area contributed by atoms with E-state index < -0.39 is 32.5 Å². The van der Waals surface area contributed by atoms with Crippen LogP contribution in [0.2, 0.25) is 0 Å². The molecule has 0 amide bonds. The molecule has 9 heteroatoms. The highest BCUT2D eigenvalue weighted by Gasteiger charge is 2.35. The quantitative estimate of drug-likeness (QED) is 0.831. The van der Waals surface area contributed by atoms with Crippen molar-refractivity contribution in [1.29, 1.82) is 0 Å². The molecule has 1 atom stereocenters. The smallest absolute Gasteiger partial charge is 0.315 e. The van der Waals surface area contributed by atoms with Crippen LogP contribution in [0.15, 0.2) is 23.1 Å². The number of alkyl halides is 3. The van der Waals surface area contributed by atoms with E-state index in [1.54, 1.807) is 0 Å². The minimum absolute atomic E-state index is 0.342. The molecule has 1 fully saturated rings. The van der Waals surface area contributed by atoms with Crippen molar-refractivity contribution < 1.29 is 26.0 Å². The van der Waals surface area contributed by atoms with Crippen LogP contribution in [0, 0.1) is 5.82 Å². The van der Waals surface area contributed by atoms with Gasteiger partial charge in [0.05, 0.1) is 10.5 Å². The van der Waals surface area contributed by atoms with Crippen molar-refractivity contribution >= 4 is 10.0 Å². The molecule has 1 aromatic rings. The first-order valence-corrected chi connectivity index (χ1v) is 7.28. The highest BCUT2D eigenvalue weighted by molar-refractivity contribution is 7.89. The third-order valence-corrected chi connectivity index (χ3v) is 4.46. The minimum Gasteiger partial charge on any atom is -0.315 e. The van der Waals surface area contributed by atoms with Crippen LogP contribution in [0.25, 0.3) is 0 Å². The monoisotopic (exact) mass is 312 g/mol. The number of hydrogen-bond acceptors (Lipinski definition) is 3. The predicted molar refractivity (Wildman–Crippen MR) is 63.0 cm³/mol. The summed E-state index contributed by atoms with van der Waals surface area (Å²) in [6.07, 6.45) is -4.28. The van der Waals surface area contributed by atoms with Gasteiger partial charge in [0.2, 0.25) is 10.0 Å².